The number of nitrogens with one attached hydrogen (secondary N) is 2. The largest absolute Gasteiger partial charge is 0.370 e. The average molecular weight is 353 g/mol. The van der Waals surface area contributed by atoms with E-state index in [1.165, 1.54) is 4.90 Å². The summed E-state index contributed by atoms with van der Waals surface area (Å²) in [6.07, 6.45) is 0.263. The van der Waals surface area contributed by atoms with E-state index in [0.29, 0.717) is 18.1 Å². The lowest BCUT2D eigenvalue weighted by molar-refractivity contribution is -0.906. The summed E-state index contributed by atoms with van der Waals surface area (Å²) in [6, 6.07) is 7.12. The quantitative estimate of drug-likeness (QED) is 0.766. The Morgan fingerprint density at radius 3 is 2.71 bits per heavy atom. The maximum Gasteiger partial charge on any atom is 0.227 e. The van der Waals surface area contributed by atoms with E-state index in [0.717, 1.165) is 38.5 Å². The van der Waals surface area contributed by atoms with Crippen LogP contribution in [0.5, 0.6) is 0 Å². The van der Waals surface area contributed by atoms with E-state index in [9.17, 15) is 9.59 Å². The summed E-state index contributed by atoms with van der Waals surface area (Å²) in [5.74, 6) is -0.336. The van der Waals surface area contributed by atoms with Crippen LogP contribution < -0.4 is 15.1 Å². The number of carbonyl (C=O) groups excluding carboxylic acids is 2. The van der Waals surface area contributed by atoms with Crippen molar-refractivity contribution in [2.45, 2.75) is 6.42 Å². The monoisotopic (exact) mass is 352 g/mol. The highest BCUT2D eigenvalue weighted by Crippen LogP contribution is 2.26. The van der Waals surface area contributed by atoms with Gasteiger partial charge in [0.05, 0.1) is 32.2 Å². The molecule has 3 rings (SSSR count). The predicted octanol–water partition coefficient (Wildman–Crippen LogP) is -0.276. The van der Waals surface area contributed by atoms with Crippen LogP contribution in [0.25, 0.3) is 0 Å². The van der Waals surface area contributed by atoms with Crippen LogP contribution in [0, 0.1) is 5.92 Å². The predicted molar refractivity (Wildman–Crippen MR) is 91.3 cm³/mol. The molecule has 0 radical (unpaired) electrons. The van der Waals surface area contributed by atoms with Gasteiger partial charge in [0.25, 0.3) is 0 Å². The number of benzene rings is 1. The number of ether oxygens (including phenoxy) is 1. The summed E-state index contributed by atoms with van der Waals surface area (Å²) in [6.45, 7) is 5.52. The molecule has 24 heavy (non-hydrogen) atoms. The number of quaternary nitrogens is 1. The molecule has 0 aliphatic carbocycles. The molecular formula is C17H23ClN3O3+. The Kier molecular flexibility index (Phi) is 5.71. The van der Waals surface area contributed by atoms with E-state index < -0.39 is 0 Å². The Morgan fingerprint density at radius 1 is 1.29 bits per heavy atom. The Morgan fingerprint density at radius 2 is 2.00 bits per heavy atom. The van der Waals surface area contributed by atoms with Gasteiger partial charge in [-0.3, -0.25) is 9.59 Å². The van der Waals surface area contributed by atoms with Gasteiger partial charge in [-0.25, -0.2) is 0 Å². The summed E-state index contributed by atoms with van der Waals surface area (Å²) in [5, 5.41) is 3.60. The fraction of sp³-hybridized carbons (Fsp3) is 0.529. The molecule has 2 aliphatic heterocycles. The first-order valence-electron chi connectivity index (χ1n) is 8.38. The molecule has 0 spiro atoms. The highest BCUT2D eigenvalue weighted by atomic mass is 35.5. The van der Waals surface area contributed by atoms with Gasteiger partial charge < -0.3 is 19.9 Å². The lowest BCUT2D eigenvalue weighted by Gasteiger charge is -2.24. The number of nitrogens with zero attached hydrogens (tertiary/aromatic N) is 1. The molecule has 0 saturated carbocycles. The van der Waals surface area contributed by atoms with Crippen molar-refractivity contribution in [2.24, 2.45) is 5.92 Å². The maximum absolute atomic E-state index is 12.3. The first-order valence-corrected chi connectivity index (χ1v) is 8.76. The van der Waals surface area contributed by atoms with Crippen molar-refractivity contribution in [3.63, 3.8) is 0 Å². The molecule has 7 heteroatoms. The molecule has 2 aliphatic rings. The van der Waals surface area contributed by atoms with Crippen molar-refractivity contribution in [3.8, 4) is 0 Å². The Labute approximate surface area is 146 Å². The fourth-order valence-electron chi connectivity index (χ4n) is 3.17. The first kappa shape index (κ1) is 17.2. The minimum atomic E-state index is -0.284. The third kappa shape index (κ3) is 4.26. The smallest absolute Gasteiger partial charge is 0.227 e. The molecule has 2 fully saturated rings. The van der Waals surface area contributed by atoms with Crippen LogP contribution in [-0.4, -0.2) is 57.8 Å². The van der Waals surface area contributed by atoms with Crippen molar-refractivity contribution in [3.05, 3.63) is 29.3 Å². The van der Waals surface area contributed by atoms with Crippen molar-refractivity contribution < 1.29 is 19.2 Å². The minimum Gasteiger partial charge on any atom is -0.370 e. The maximum atomic E-state index is 12.3. The fourth-order valence-corrected chi connectivity index (χ4v) is 3.30. The zero-order valence-electron chi connectivity index (χ0n) is 13.6. The summed E-state index contributed by atoms with van der Waals surface area (Å²) < 4.78 is 5.32. The van der Waals surface area contributed by atoms with Gasteiger partial charge in [0.2, 0.25) is 11.8 Å². The lowest BCUT2D eigenvalue weighted by atomic mass is 10.1. The lowest BCUT2D eigenvalue weighted by Crippen LogP contribution is -3.14. The number of hydrogen-bond acceptors (Lipinski definition) is 3. The number of halogens is 1. The summed E-state index contributed by atoms with van der Waals surface area (Å²) in [4.78, 5) is 27.6. The molecular weight excluding hydrogens is 330 g/mol. The van der Waals surface area contributed by atoms with Crippen molar-refractivity contribution >= 4 is 29.1 Å². The van der Waals surface area contributed by atoms with Gasteiger partial charge in [-0.05, 0) is 24.3 Å². The van der Waals surface area contributed by atoms with Crippen LogP contribution in [0.1, 0.15) is 6.42 Å². The Bertz CT molecular complexity index is 587. The molecule has 2 saturated heterocycles. The van der Waals surface area contributed by atoms with Crippen LogP contribution in [0.4, 0.5) is 5.69 Å². The number of amides is 2. The third-order valence-electron chi connectivity index (χ3n) is 4.61. The van der Waals surface area contributed by atoms with Gasteiger partial charge in [0.1, 0.15) is 13.1 Å². The van der Waals surface area contributed by atoms with Crippen molar-refractivity contribution in [1.82, 2.24) is 5.32 Å². The SMILES string of the molecule is O=C(NCC[NH+]1CCOCC1)[C@@H]1CC(=O)N(c2ccc(Cl)cc2)C1. The molecule has 1 atom stereocenters. The molecule has 0 unspecified atom stereocenters. The van der Waals surface area contributed by atoms with Crippen LogP contribution >= 0.6 is 11.6 Å². The van der Waals surface area contributed by atoms with Gasteiger partial charge in [-0.2, -0.15) is 0 Å². The first-order chi connectivity index (χ1) is 11.6. The van der Waals surface area contributed by atoms with E-state index in [4.69, 9.17) is 16.3 Å². The zero-order chi connectivity index (χ0) is 16.9. The van der Waals surface area contributed by atoms with E-state index in [1.807, 2.05) is 12.1 Å². The van der Waals surface area contributed by atoms with E-state index in [2.05, 4.69) is 5.32 Å². The van der Waals surface area contributed by atoms with Crippen molar-refractivity contribution in [1.29, 1.82) is 0 Å². The Balaban J connectivity index is 1.47. The van der Waals surface area contributed by atoms with Crippen LogP contribution in [0.2, 0.25) is 5.02 Å². The summed E-state index contributed by atoms with van der Waals surface area (Å²) in [7, 11) is 0. The Hall–Kier alpha value is -1.63. The number of anilines is 1. The molecule has 0 aromatic heterocycles. The third-order valence-corrected chi connectivity index (χ3v) is 4.86. The standard InChI is InChI=1S/C17H22ClN3O3/c18-14-1-3-15(4-2-14)21-12-13(11-16(21)22)17(23)19-5-6-20-7-9-24-10-8-20/h1-4,13H,5-12H2,(H,19,23)/p+1/t13-/m1/s1. The molecule has 1 aromatic carbocycles. The van der Waals surface area contributed by atoms with Gasteiger partial charge >= 0.3 is 0 Å². The van der Waals surface area contributed by atoms with E-state index in [-0.39, 0.29) is 24.2 Å². The topological polar surface area (TPSA) is 63.1 Å². The normalized spacial score (nSPS) is 22.0. The number of morpholine rings is 1. The average Bonchev–Trinajstić information content (AvgIpc) is 2.98. The highest BCUT2D eigenvalue weighted by Gasteiger charge is 2.35. The van der Waals surface area contributed by atoms with Gasteiger partial charge in [-0.1, -0.05) is 11.6 Å². The van der Waals surface area contributed by atoms with Crippen LogP contribution in [0.15, 0.2) is 24.3 Å². The zero-order valence-corrected chi connectivity index (χ0v) is 14.3. The van der Waals surface area contributed by atoms with Crippen LogP contribution in [0.3, 0.4) is 0 Å². The minimum absolute atomic E-state index is 0.0173. The number of carbonyl (C=O) groups is 2. The summed E-state index contributed by atoms with van der Waals surface area (Å²) >= 11 is 5.88. The van der Waals surface area contributed by atoms with E-state index >= 15 is 0 Å². The molecule has 2 heterocycles. The van der Waals surface area contributed by atoms with Gasteiger partial charge in [0.15, 0.2) is 0 Å². The van der Waals surface area contributed by atoms with Crippen LogP contribution in [-0.2, 0) is 14.3 Å². The van der Waals surface area contributed by atoms with Gasteiger partial charge in [0, 0.05) is 23.7 Å². The second-order valence-electron chi connectivity index (χ2n) is 6.29. The second kappa shape index (κ2) is 7.96. The number of hydrogen-bond donors (Lipinski definition) is 2. The van der Waals surface area contributed by atoms with Crippen molar-refractivity contribution in [2.75, 3.05) is 50.8 Å². The molecule has 6 nitrogen and oxygen atoms in total. The molecule has 1 aromatic rings. The van der Waals surface area contributed by atoms with Gasteiger partial charge in [-0.15, -0.1) is 0 Å². The highest BCUT2D eigenvalue weighted by molar-refractivity contribution is 6.30. The molecule has 2 N–H and O–H groups in total. The second-order valence-corrected chi connectivity index (χ2v) is 6.72. The van der Waals surface area contributed by atoms with E-state index in [1.54, 1.807) is 17.0 Å². The molecule has 0 bridgehead atoms. The molecule has 130 valence electrons. The molecule has 2 amide bonds. The number of rotatable bonds is 5. The summed E-state index contributed by atoms with van der Waals surface area (Å²) in [5.41, 5.74) is 0.789.